The quantitative estimate of drug-likeness (QED) is 0.548. The molecule has 0 radical (unpaired) electrons. The Balaban J connectivity index is 2.41. The summed E-state index contributed by atoms with van der Waals surface area (Å²) in [6.07, 6.45) is 2.73. The van der Waals surface area contributed by atoms with Crippen molar-refractivity contribution < 1.29 is 9.84 Å². The van der Waals surface area contributed by atoms with Gasteiger partial charge < -0.3 is 9.84 Å². The molecule has 1 atom stereocenters. The molecule has 0 aliphatic heterocycles. The summed E-state index contributed by atoms with van der Waals surface area (Å²) in [6.45, 7) is 6.03. The van der Waals surface area contributed by atoms with E-state index in [0.717, 1.165) is 22.3 Å². The lowest BCUT2D eigenvalue weighted by molar-refractivity contribution is 0.401. The first kappa shape index (κ1) is 17.4. The third-order valence-electron chi connectivity index (χ3n) is 3.82. The molecule has 0 heterocycles. The van der Waals surface area contributed by atoms with E-state index in [1.54, 1.807) is 13.2 Å². The summed E-state index contributed by atoms with van der Waals surface area (Å²) < 4.78 is 5.47. The minimum absolute atomic E-state index is 0.0153. The molecule has 0 aromatic heterocycles. The van der Waals surface area contributed by atoms with E-state index in [0.29, 0.717) is 12.2 Å². The number of phenols is 1. The van der Waals surface area contributed by atoms with Gasteiger partial charge in [0.25, 0.3) is 0 Å². The monoisotopic (exact) mass is 330 g/mol. The van der Waals surface area contributed by atoms with E-state index in [1.165, 1.54) is 5.57 Å². The summed E-state index contributed by atoms with van der Waals surface area (Å²) in [5.74, 6) is 0.957. The maximum absolute atomic E-state index is 10.4. The molecular formula is C20H23ClO2. The van der Waals surface area contributed by atoms with E-state index in [2.05, 4.69) is 6.08 Å². The van der Waals surface area contributed by atoms with Crippen LogP contribution >= 0.6 is 11.6 Å². The molecule has 3 heteroatoms. The van der Waals surface area contributed by atoms with Crippen molar-refractivity contribution in [2.75, 3.05) is 7.11 Å². The van der Waals surface area contributed by atoms with Crippen LogP contribution in [0.1, 0.15) is 37.3 Å². The first-order chi connectivity index (χ1) is 10.9. The van der Waals surface area contributed by atoms with Gasteiger partial charge in [0.15, 0.2) is 0 Å². The zero-order valence-corrected chi connectivity index (χ0v) is 14.8. The molecule has 0 bridgehead atoms. The van der Waals surface area contributed by atoms with E-state index in [9.17, 15) is 5.11 Å². The van der Waals surface area contributed by atoms with Crippen molar-refractivity contribution in [3.63, 3.8) is 0 Å². The summed E-state index contributed by atoms with van der Waals surface area (Å²) in [6, 6.07) is 11.8. The van der Waals surface area contributed by atoms with Crippen LogP contribution in [0, 0.1) is 0 Å². The molecule has 0 saturated heterocycles. The predicted molar refractivity (Wildman–Crippen MR) is 97.5 cm³/mol. The van der Waals surface area contributed by atoms with Crippen molar-refractivity contribution in [3.05, 3.63) is 59.2 Å². The van der Waals surface area contributed by atoms with Gasteiger partial charge in [-0.3, -0.25) is 0 Å². The lowest BCUT2D eigenvalue weighted by atomic mass is 9.99. The third kappa shape index (κ3) is 4.29. The summed E-state index contributed by atoms with van der Waals surface area (Å²) in [4.78, 5) is 0. The van der Waals surface area contributed by atoms with Crippen molar-refractivity contribution in [2.24, 2.45) is 0 Å². The lowest BCUT2D eigenvalue weighted by Crippen LogP contribution is -1.94. The SMILES string of the molecule is COc1cc(-c2ccc(C(C)Cl)cc2)cc(O)c1CC=C(C)C. The van der Waals surface area contributed by atoms with Crippen molar-refractivity contribution >= 4 is 11.6 Å². The zero-order valence-electron chi connectivity index (χ0n) is 14.1. The number of hydrogen-bond donors (Lipinski definition) is 1. The Bertz CT molecular complexity index is 696. The number of ether oxygens (including phenoxy) is 1. The molecule has 2 rings (SSSR count). The van der Waals surface area contributed by atoms with Crippen LogP contribution in [0.3, 0.4) is 0 Å². The number of rotatable bonds is 5. The number of phenolic OH excluding ortho intramolecular Hbond substituents is 1. The van der Waals surface area contributed by atoms with E-state index >= 15 is 0 Å². The molecule has 23 heavy (non-hydrogen) atoms. The van der Waals surface area contributed by atoms with E-state index in [-0.39, 0.29) is 11.1 Å². The van der Waals surface area contributed by atoms with Crippen molar-refractivity contribution in [3.8, 4) is 22.6 Å². The van der Waals surface area contributed by atoms with Crippen LogP contribution in [-0.4, -0.2) is 12.2 Å². The highest BCUT2D eigenvalue weighted by Gasteiger charge is 2.12. The molecule has 0 aliphatic rings. The van der Waals surface area contributed by atoms with Gasteiger partial charge in [0.2, 0.25) is 0 Å². The number of methoxy groups -OCH3 is 1. The molecule has 2 aromatic rings. The second kappa shape index (κ2) is 7.56. The molecule has 1 N–H and O–H groups in total. The lowest BCUT2D eigenvalue weighted by Gasteiger charge is -2.13. The van der Waals surface area contributed by atoms with Gasteiger partial charge >= 0.3 is 0 Å². The summed E-state index contributed by atoms with van der Waals surface area (Å²) in [5.41, 5.74) is 5.04. The van der Waals surface area contributed by atoms with Gasteiger partial charge in [-0.25, -0.2) is 0 Å². The van der Waals surface area contributed by atoms with E-state index in [1.807, 2.05) is 51.1 Å². The van der Waals surface area contributed by atoms with Crippen LogP contribution in [0.4, 0.5) is 0 Å². The van der Waals surface area contributed by atoms with E-state index in [4.69, 9.17) is 16.3 Å². The fraction of sp³-hybridized carbons (Fsp3) is 0.300. The minimum atomic E-state index is -0.0153. The average Bonchev–Trinajstić information content (AvgIpc) is 2.52. The highest BCUT2D eigenvalue weighted by atomic mass is 35.5. The largest absolute Gasteiger partial charge is 0.507 e. The van der Waals surface area contributed by atoms with Crippen molar-refractivity contribution in [1.82, 2.24) is 0 Å². The Morgan fingerprint density at radius 2 is 1.83 bits per heavy atom. The molecular weight excluding hydrogens is 308 g/mol. The molecule has 0 aliphatic carbocycles. The molecule has 2 nitrogen and oxygen atoms in total. The third-order valence-corrected chi connectivity index (χ3v) is 4.08. The number of hydrogen-bond acceptors (Lipinski definition) is 2. The molecule has 0 spiro atoms. The van der Waals surface area contributed by atoms with Crippen LogP contribution in [0.15, 0.2) is 48.0 Å². The van der Waals surface area contributed by atoms with Gasteiger partial charge in [-0.05, 0) is 56.0 Å². The average molecular weight is 331 g/mol. The smallest absolute Gasteiger partial charge is 0.126 e. The number of alkyl halides is 1. The topological polar surface area (TPSA) is 29.5 Å². The van der Waals surface area contributed by atoms with Gasteiger partial charge in [-0.1, -0.05) is 35.9 Å². The molecule has 2 aromatic carbocycles. The first-order valence-corrected chi connectivity index (χ1v) is 8.13. The number of aromatic hydroxyl groups is 1. The fourth-order valence-electron chi connectivity index (χ4n) is 2.43. The molecule has 0 amide bonds. The Kier molecular flexibility index (Phi) is 5.73. The minimum Gasteiger partial charge on any atom is -0.507 e. The second-order valence-electron chi connectivity index (χ2n) is 5.90. The van der Waals surface area contributed by atoms with E-state index < -0.39 is 0 Å². The predicted octanol–water partition coefficient (Wildman–Crippen LogP) is 5.88. The summed E-state index contributed by atoms with van der Waals surface area (Å²) in [5, 5.41) is 10.4. The Morgan fingerprint density at radius 3 is 2.35 bits per heavy atom. The normalized spacial score (nSPS) is 11.9. The standard InChI is InChI=1S/C20H23ClO2/c1-13(2)5-10-18-19(22)11-17(12-20(18)23-4)16-8-6-15(7-9-16)14(3)21/h5-9,11-12,14,22H,10H2,1-4H3. The Labute approximate surface area is 143 Å². The number of allylic oxidation sites excluding steroid dienone is 2. The Morgan fingerprint density at radius 1 is 1.17 bits per heavy atom. The molecule has 0 saturated carbocycles. The number of halogens is 1. The van der Waals surface area contributed by atoms with Crippen LogP contribution < -0.4 is 4.74 Å². The van der Waals surface area contributed by atoms with Crippen LogP contribution in [0.25, 0.3) is 11.1 Å². The highest BCUT2D eigenvalue weighted by Crippen LogP contribution is 2.35. The fourth-order valence-corrected chi connectivity index (χ4v) is 2.58. The van der Waals surface area contributed by atoms with Gasteiger partial charge in [0.05, 0.1) is 12.5 Å². The van der Waals surface area contributed by atoms with Gasteiger partial charge in [-0.15, -0.1) is 11.6 Å². The molecule has 0 fully saturated rings. The Hall–Kier alpha value is -1.93. The zero-order chi connectivity index (χ0) is 17.0. The maximum Gasteiger partial charge on any atom is 0.126 e. The van der Waals surface area contributed by atoms with Crippen LogP contribution in [-0.2, 0) is 6.42 Å². The first-order valence-electron chi connectivity index (χ1n) is 7.70. The van der Waals surface area contributed by atoms with Gasteiger partial charge in [0, 0.05) is 5.56 Å². The van der Waals surface area contributed by atoms with Crippen LogP contribution in [0.2, 0.25) is 0 Å². The molecule has 122 valence electrons. The van der Waals surface area contributed by atoms with Crippen LogP contribution in [0.5, 0.6) is 11.5 Å². The van der Waals surface area contributed by atoms with Crippen molar-refractivity contribution in [2.45, 2.75) is 32.6 Å². The number of benzene rings is 2. The maximum atomic E-state index is 10.4. The van der Waals surface area contributed by atoms with Crippen molar-refractivity contribution in [1.29, 1.82) is 0 Å². The summed E-state index contributed by atoms with van der Waals surface area (Å²) >= 11 is 6.09. The van der Waals surface area contributed by atoms with Gasteiger partial charge in [0.1, 0.15) is 11.5 Å². The highest BCUT2D eigenvalue weighted by molar-refractivity contribution is 6.20. The summed E-state index contributed by atoms with van der Waals surface area (Å²) in [7, 11) is 1.63. The van der Waals surface area contributed by atoms with Gasteiger partial charge in [-0.2, -0.15) is 0 Å². The molecule has 1 unspecified atom stereocenters. The second-order valence-corrected chi connectivity index (χ2v) is 6.55.